The summed E-state index contributed by atoms with van der Waals surface area (Å²) >= 11 is 0. The first-order valence-corrected chi connectivity index (χ1v) is 3.18. The van der Waals surface area contributed by atoms with Crippen LogP contribution in [0.2, 0.25) is 0 Å². The maximum Gasteiger partial charge on any atom is 0.0645 e. The Balaban J connectivity index is 4.33. The Hall–Kier alpha value is -1.11. The molecule has 0 N–H and O–H groups in total. The van der Waals surface area contributed by atoms with Gasteiger partial charge in [0.25, 0.3) is 0 Å². The lowest BCUT2D eigenvalue weighted by atomic mass is 10.2. The normalized spacial score (nSPS) is 12.0. The van der Waals surface area contributed by atoms with Crippen LogP contribution in [0.25, 0.3) is 0 Å². The predicted molar refractivity (Wildman–Crippen MR) is 47.3 cm³/mol. The van der Waals surface area contributed by atoms with Gasteiger partial charge in [-0.2, -0.15) is 0 Å². The van der Waals surface area contributed by atoms with E-state index in [1.165, 1.54) is 0 Å². The minimum Gasteiger partial charge on any atom is -0.264 e. The molecule has 0 aromatic carbocycles. The van der Waals surface area contributed by atoms with Gasteiger partial charge in [-0.25, -0.2) is 0 Å². The second kappa shape index (κ2) is 4.74. The third-order valence-corrected chi connectivity index (χ3v) is 1.05. The molecule has 0 aliphatic rings. The molecule has 0 aliphatic carbocycles. The Morgan fingerprint density at radius 3 is 2.40 bits per heavy atom. The molecule has 0 heterocycles. The van der Waals surface area contributed by atoms with Crippen LogP contribution in [0.1, 0.15) is 13.8 Å². The maximum absolute atomic E-state index is 3.79. The van der Waals surface area contributed by atoms with E-state index in [4.69, 9.17) is 0 Å². The van der Waals surface area contributed by atoms with Crippen LogP contribution in [0.15, 0.2) is 41.1 Å². The molecule has 0 saturated carbocycles. The van der Waals surface area contributed by atoms with E-state index in [9.17, 15) is 0 Å². The molecule has 0 fully saturated rings. The first-order chi connectivity index (χ1) is 4.72. The van der Waals surface area contributed by atoms with Gasteiger partial charge in [0.2, 0.25) is 0 Å². The molecule has 0 unspecified atom stereocenters. The van der Waals surface area contributed by atoms with Gasteiger partial charge in [0.1, 0.15) is 0 Å². The van der Waals surface area contributed by atoms with Crippen molar-refractivity contribution in [3.05, 3.63) is 36.1 Å². The largest absolute Gasteiger partial charge is 0.264 e. The highest BCUT2D eigenvalue weighted by Crippen LogP contribution is 2.06. The van der Waals surface area contributed by atoms with Crippen molar-refractivity contribution in [1.29, 1.82) is 0 Å². The summed E-state index contributed by atoms with van der Waals surface area (Å²) in [5, 5.41) is 0. The lowest BCUT2D eigenvalue weighted by Gasteiger charge is -1.94. The molecular formula is C9H13N. The van der Waals surface area contributed by atoms with Crippen LogP contribution in [-0.4, -0.2) is 6.72 Å². The second-order valence-electron chi connectivity index (χ2n) is 2.02. The number of rotatable bonds is 3. The Kier molecular flexibility index (Phi) is 4.21. The molecular weight excluding hydrogens is 122 g/mol. The molecule has 0 aromatic heterocycles. The Labute approximate surface area is 62.5 Å². The zero-order chi connectivity index (χ0) is 7.98. The summed E-state index contributed by atoms with van der Waals surface area (Å²) in [7, 11) is 0. The molecule has 0 aromatic rings. The summed E-state index contributed by atoms with van der Waals surface area (Å²) in [5.74, 6) is 0. The Bertz CT molecular complexity index is 185. The van der Waals surface area contributed by atoms with Crippen molar-refractivity contribution >= 4 is 6.72 Å². The number of hydrogen-bond donors (Lipinski definition) is 0. The van der Waals surface area contributed by atoms with Crippen LogP contribution in [0.5, 0.6) is 0 Å². The standard InChI is InChI=1S/C9H13N/c1-5-6-7-9(10-4)8(2)3/h5-7H,2,4H2,1,3H3/b6-5-,9-7-. The SMILES string of the molecule is C=N/C(=C\C=C/C)C(=C)C. The van der Waals surface area contributed by atoms with E-state index in [0.717, 1.165) is 11.3 Å². The van der Waals surface area contributed by atoms with Crippen molar-refractivity contribution in [1.82, 2.24) is 0 Å². The van der Waals surface area contributed by atoms with Gasteiger partial charge in [0.15, 0.2) is 0 Å². The van der Waals surface area contributed by atoms with Crippen LogP contribution in [0.3, 0.4) is 0 Å². The summed E-state index contributed by atoms with van der Waals surface area (Å²) in [6, 6.07) is 0. The zero-order valence-electron chi connectivity index (χ0n) is 6.59. The number of hydrogen-bond acceptors (Lipinski definition) is 1. The van der Waals surface area contributed by atoms with Gasteiger partial charge in [0.05, 0.1) is 5.70 Å². The highest BCUT2D eigenvalue weighted by Gasteiger charge is 1.88. The van der Waals surface area contributed by atoms with Crippen LogP contribution < -0.4 is 0 Å². The average Bonchev–Trinajstić information content (AvgIpc) is 1.89. The van der Waals surface area contributed by atoms with Crippen LogP contribution in [0, 0.1) is 0 Å². The fraction of sp³-hybridized carbons (Fsp3) is 0.222. The summed E-state index contributed by atoms with van der Waals surface area (Å²) in [6.07, 6.45) is 5.74. The smallest absolute Gasteiger partial charge is 0.0645 e. The zero-order valence-corrected chi connectivity index (χ0v) is 6.59. The molecule has 0 atom stereocenters. The molecule has 0 aliphatic heterocycles. The lowest BCUT2D eigenvalue weighted by molar-refractivity contribution is 1.31. The molecule has 10 heavy (non-hydrogen) atoms. The maximum atomic E-state index is 3.79. The molecule has 1 nitrogen and oxygen atoms in total. The highest BCUT2D eigenvalue weighted by molar-refractivity contribution is 5.38. The average molecular weight is 135 g/mol. The molecule has 0 rings (SSSR count). The van der Waals surface area contributed by atoms with Crippen LogP contribution in [0.4, 0.5) is 0 Å². The van der Waals surface area contributed by atoms with E-state index in [0.29, 0.717) is 0 Å². The minimum atomic E-state index is 0.845. The number of aliphatic imine (C=N–C) groups is 1. The highest BCUT2D eigenvalue weighted by atomic mass is 14.7. The van der Waals surface area contributed by atoms with E-state index >= 15 is 0 Å². The molecule has 0 saturated heterocycles. The molecule has 54 valence electrons. The molecule has 1 heteroatoms. The van der Waals surface area contributed by atoms with Crippen LogP contribution >= 0.6 is 0 Å². The van der Waals surface area contributed by atoms with Crippen molar-refractivity contribution in [3.63, 3.8) is 0 Å². The molecule has 0 radical (unpaired) electrons. The number of nitrogens with zero attached hydrogens (tertiary/aromatic N) is 1. The Morgan fingerprint density at radius 2 is 2.10 bits per heavy atom. The summed E-state index contributed by atoms with van der Waals surface area (Å²) in [6.45, 7) is 11.0. The fourth-order valence-electron chi connectivity index (χ4n) is 0.517. The first kappa shape index (κ1) is 8.89. The predicted octanol–water partition coefficient (Wildman–Crippen LogP) is 2.72. The first-order valence-electron chi connectivity index (χ1n) is 3.18. The van der Waals surface area contributed by atoms with Gasteiger partial charge in [-0.15, -0.1) is 0 Å². The third-order valence-electron chi connectivity index (χ3n) is 1.05. The van der Waals surface area contributed by atoms with E-state index in [2.05, 4.69) is 18.3 Å². The molecule has 0 bridgehead atoms. The summed E-state index contributed by atoms with van der Waals surface area (Å²) in [4.78, 5) is 3.79. The van der Waals surface area contributed by atoms with E-state index in [1.54, 1.807) is 0 Å². The van der Waals surface area contributed by atoms with Crippen molar-refractivity contribution < 1.29 is 0 Å². The number of allylic oxidation sites excluding steroid dienone is 4. The Morgan fingerprint density at radius 1 is 1.50 bits per heavy atom. The topological polar surface area (TPSA) is 12.4 Å². The molecule has 0 amide bonds. The van der Waals surface area contributed by atoms with E-state index in [1.807, 2.05) is 32.1 Å². The van der Waals surface area contributed by atoms with Crippen molar-refractivity contribution in [2.45, 2.75) is 13.8 Å². The quantitative estimate of drug-likeness (QED) is 0.417. The lowest BCUT2D eigenvalue weighted by Crippen LogP contribution is -1.75. The fourth-order valence-corrected chi connectivity index (χ4v) is 0.517. The van der Waals surface area contributed by atoms with Crippen LogP contribution in [-0.2, 0) is 0 Å². The van der Waals surface area contributed by atoms with Gasteiger partial charge in [-0.3, -0.25) is 4.99 Å². The molecule has 0 spiro atoms. The van der Waals surface area contributed by atoms with E-state index in [-0.39, 0.29) is 0 Å². The minimum absolute atomic E-state index is 0.845. The second-order valence-corrected chi connectivity index (χ2v) is 2.02. The van der Waals surface area contributed by atoms with Gasteiger partial charge in [0, 0.05) is 0 Å². The van der Waals surface area contributed by atoms with Gasteiger partial charge in [-0.1, -0.05) is 18.7 Å². The summed E-state index contributed by atoms with van der Waals surface area (Å²) < 4.78 is 0. The van der Waals surface area contributed by atoms with E-state index < -0.39 is 0 Å². The monoisotopic (exact) mass is 135 g/mol. The van der Waals surface area contributed by atoms with Crippen molar-refractivity contribution in [2.24, 2.45) is 4.99 Å². The van der Waals surface area contributed by atoms with Crippen molar-refractivity contribution in [3.8, 4) is 0 Å². The van der Waals surface area contributed by atoms with Gasteiger partial charge in [-0.05, 0) is 32.2 Å². The van der Waals surface area contributed by atoms with Gasteiger partial charge >= 0.3 is 0 Å². The summed E-state index contributed by atoms with van der Waals surface area (Å²) in [5.41, 5.74) is 1.78. The van der Waals surface area contributed by atoms with Crippen molar-refractivity contribution in [2.75, 3.05) is 0 Å². The van der Waals surface area contributed by atoms with Gasteiger partial charge < -0.3 is 0 Å². The third kappa shape index (κ3) is 3.02.